The molecule has 0 aromatic carbocycles. The van der Waals surface area contributed by atoms with Crippen molar-refractivity contribution in [2.24, 2.45) is 11.8 Å². The fraction of sp³-hybridized carbons (Fsp3) is 0.947. The zero-order valence-corrected chi connectivity index (χ0v) is 16.1. The molecule has 0 unspecified atom stereocenters. The molecule has 2 aliphatic rings. The summed E-state index contributed by atoms with van der Waals surface area (Å²) in [5, 5.41) is 3.30. The van der Waals surface area contributed by atoms with Crippen LogP contribution < -0.4 is 5.32 Å². The summed E-state index contributed by atoms with van der Waals surface area (Å²) in [5.74, 6) is 1.52. The maximum atomic E-state index is 12.4. The fourth-order valence-corrected chi connectivity index (χ4v) is 4.11. The van der Waals surface area contributed by atoms with Crippen molar-refractivity contribution >= 4 is 5.91 Å². The number of nitrogens with one attached hydrogen (secondary N) is 1. The summed E-state index contributed by atoms with van der Waals surface area (Å²) >= 11 is 0. The lowest BCUT2D eigenvalue weighted by atomic mass is 9.78. The lowest BCUT2D eigenvalue weighted by Gasteiger charge is -2.40. The molecule has 0 bridgehead atoms. The van der Waals surface area contributed by atoms with Gasteiger partial charge in [0.05, 0.1) is 13.2 Å². The van der Waals surface area contributed by atoms with Gasteiger partial charge in [0.15, 0.2) is 0 Å². The summed E-state index contributed by atoms with van der Waals surface area (Å²) in [6, 6.07) is 0.854. The molecule has 1 saturated carbocycles. The molecule has 140 valence electrons. The standard InChI is InChI=1S/C19H37N3O2/c1-5-24-12-11-22-10-9-21(13-16(22)3)14-19(23)20-18-8-6-7-15(2)17(18)4/h15-18H,5-14H2,1-4H3,(H,20,23)/t15-,16+,17-,18+/m0/s1. The molecule has 1 heterocycles. The summed E-state index contributed by atoms with van der Waals surface area (Å²) in [6.45, 7) is 15.0. The highest BCUT2D eigenvalue weighted by molar-refractivity contribution is 5.78. The van der Waals surface area contributed by atoms with Crippen molar-refractivity contribution in [2.75, 3.05) is 45.9 Å². The number of hydrogen-bond donors (Lipinski definition) is 1. The molecule has 0 radical (unpaired) electrons. The van der Waals surface area contributed by atoms with Crippen molar-refractivity contribution in [3.8, 4) is 0 Å². The molecule has 5 heteroatoms. The minimum atomic E-state index is 0.205. The van der Waals surface area contributed by atoms with Gasteiger partial charge in [0.25, 0.3) is 0 Å². The first kappa shape index (κ1) is 19.7. The Labute approximate surface area is 148 Å². The summed E-state index contributed by atoms with van der Waals surface area (Å²) < 4.78 is 5.46. The molecular weight excluding hydrogens is 302 g/mol. The van der Waals surface area contributed by atoms with Crippen LogP contribution in [0.5, 0.6) is 0 Å². The van der Waals surface area contributed by atoms with Gasteiger partial charge in [0.1, 0.15) is 0 Å². The second-order valence-corrected chi connectivity index (χ2v) is 7.76. The number of rotatable bonds is 7. The number of hydrogen-bond acceptors (Lipinski definition) is 4. The Morgan fingerprint density at radius 1 is 1.21 bits per heavy atom. The predicted octanol–water partition coefficient (Wildman–Crippen LogP) is 1.97. The zero-order chi connectivity index (χ0) is 17.5. The minimum absolute atomic E-state index is 0.205. The number of carbonyl (C=O) groups excluding carboxylic acids is 1. The first-order valence-electron chi connectivity index (χ1n) is 9.84. The quantitative estimate of drug-likeness (QED) is 0.720. The number of piperazine rings is 1. The molecule has 5 nitrogen and oxygen atoms in total. The van der Waals surface area contributed by atoms with Crippen LogP contribution in [0.15, 0.2) is 0 Å². The average Bonchev–Trinajstić information content (AvgIpc) is 2.54. The van der Waals surface area contributed by atoms with Crippen LogP contribution in [0.2, 0.25) is 0 Å². The van der Waals surface area contributed by atoms with Crippen LogP contribution >= 0.6 is 0 Å². The Kier molecular flexibility index (Phi) is 7.98. The molecule has 0 spiro atoms. The van der Waals surface area contributed by atoms with E-state index in [0.717, 1.165) is 51.7 Å². The van der Waals surface area contributed by atoms with Gasteiger partial charge in [-0.15, -0.1) is 0 Å². The van der Waals surface area contributed by atoms with E-state index in [0.29, 0.717) is 24.5 Å². The molecule has 4 atom stereocenters. The molecule has 2 fully saturated rings. The van der Waals surface area contributed by atoms with E-state index < -0.39 is 0 Å². The molecule has 1 N–H and O–H groups in total. The van der Waals surface area contributed by atoms with Crippen molar-refractivity contribution in [3.05, 3.63) is 0 Å². The maximum Gasteiger partial charge on any atom is 0.234 e. The Bertz CT molecular complexity index is 391. The summed E-state index contributed by atoms with van der Waals surface area (Å²) in [6.07, 6.45) is 3.68. The van der Waals surface area contributed by atoms with Crippen LogP contribution in [0.1, 0.15) is 47.0 Å². The first-order chi connectivity index (χ1) is 11.5. The lowest BCUT2D eigenvalue weighted by Crippen LogP contribution is -2.55. The Morgan fingerprint density at radius 3 is 2.71 bits per heavy atom. The van der Waals surface area contributed by atoms with Gasteiger partial charge in [-0.2, -0.15) is 0 Å². The summed E-state index contributed by atoms with van der Waals surface area (Å²) in [5.41, 5.74) is 0. The van der Waals surface area contributed by atoms with Crippen LogP contribution in [0.4, 0.5) is 0 Å². The van der Waals surface area contributed by atoms with Gasteiger partial charge in [-0.1, -0.05) is 26.7 Å². The smallest absolute Gasteiger partial charge is 0.234 e. The van der Waals surface area contributed by atoms with Gasteiger partial charge in [0.2, 0.25) is 5.91 Å². The molecular formula is C19H37N3O2. The Balaban J connectivity index is 1.71. The van der Waals surface area contributed by atoms with E-state index in [1.807, 2.05) is 6.92 Å². The number of ether oxygens (including phenoxy) is 1. The largest absolute Gasteiger partial charge is 0.380 e. The summed E-state index contributed by atoms with van der Waals surface area (Å²) in [7, 11) is 0. The van der Waals surface area contributed by atoms with E-state index in [4.69, 9.17) is 4.74 Å². The van der Waals surface area contributed by atoms with E-state index in [9.17, 15) is 4.79 Å². The van der Waals surface area contributed by atoms with Crippen molar-refractivity contribution in [3.63, 3.8) is 0 Å². The molecule has 2 rings (SSSR count). The molecule has 24 heavy (non-hydrogen) atoms. The highest BCUT2D eigenvalue weighted by Crippen LogP contribution is 2.29. The predicted molar refractivity (Wildman–Crippen MR) is 98.1 cm³/mol. The van der Waals surface area contributed by atoms with E-state index in [1.165, 1.54) is 12.8 Å². The number of nitrogens with zero attached hydrogens (tertiary/aromatic N) is 2. The second kappa shape index (κ2) is 9.73. The van der Waals surface area contributed by atoms with Gasteiger partial charge in [0, 0.05) is 44.9 Å². The Hall–Kier alpha value is -0.650. The van der Waals surface area contributed by atoms with Gasteiger partial charge >= 0.3 is 0 Å². The van der Waals surface area contributed by atoms with Gasteiger partial charge in [-0.25, -0.2) is 0 Å². The molecule has 1 aliphatic carbocycles. The maximum absolute atomic E-state index is 12.4. The van der Waals surface area contributed by atoms with E-state index >= 15 is 0 Å². The third-order valence-corrected chi connectivity index (χ3v) is 6.00. The fourth-order valence-electron chi connectivity index (χ4n) is 4.11. The minimum Gasteiger partial charge on any atom is -0.380 e. The molecule has 1 saturated heterocycles. The monoisotopic (exact) mass is 339 g/mol. The third kappa shape index (κ3) is 5.71. The van der Waals surface area contributed by atoms with Gasteiger partial charge < -0.3 is 10.1 Å². The number of amides is 1. The van der Waals surface area contributed by atoms with Crippen molar-refractivity contribution < 1.29 is 9.53 Å². The highest BCUT2D eigenvalue weighted by atomic mass is 16.5. The van der Waals surface area contributed by atoms with E-state index in [-0.39, 0.29) is 5.91 Å². The van der Waals surface area contributed by atoms with Gasteiger partial charge in [-0.05, 0) is 32.1 Å². The zero-order valence-electron chi connectivity index (χ0n) is 16.1. The molecule has 0 aromatic heterocycles. The second-order valence-electron chi connectivity index (χ2n) is 7.76. The van der Waals surface area contributed by atoms with E-state index in [1.54, 1.807) is 0 Å². The topological polar surface area (TPSA) is 44.8 Å². The normalized spacial score (nSPS) is 32.7. The number of carbonyl (C=O) groups is 1. The highest BCUT2D eigenvalue weighted by Gasteiger charge is 2.29. The van der Waals surface area contributed by atoms with Crippen molar-refractivity contribution in [1.82, 2.24) is 15.1 Å². The molecule has 0 aromatic rings. The van der Waals surface area contributed by atoms with Crippen LogP contribution in [-0.4, -0.2) is 73.7 Å². The van der Waals surface area contributed by atoms with Crippen LogP contribution in [0.3, 0.4) is 0 Å². The Morgan fingerprint density at radius 2 is 2.00 bits per heavy atom. The average molecular weight is 340 g/mol. The van der Waals surface area contributed by atoms with Crippen molar-refractivity contribution in [2.45, 2.75) is 59.0 Å². The van der Waals surface area contributed by atoms with Crippen LogP contribution in [-0.2, 0) is 9.53 Å². The first-order valence-corrected chi connectivity index (χ1v) is 9.84. The van der Waals surface area contributed by atoms with Crippen molar-refractivity contribution in [1.29, 1.82) is 0 Å². The van der Waals surface area contributed by atoms with Crippen LogP contribution in [0.25, 0.3) is 0 Å². The third-order valence-electron chi connectivity index (χ3n) is 6.00. The molecule has 1 aliphatic heterocycles. The lowest BCUT2D eigenvalue weighted by molar-refractivity contribution is -0.124. The van der Waals surface area contributed by atoms with E-state index in [2.05, 4.69) is 35.9 Å². The SMILES string of the molecule is CCOCCN1CCN(CC(=O)N[C@@H]2CCC[C@H](C)[C@@H]2C)C[C@H]1C. The molecule has 1 amide bonds. The van der Waals surface area contributed by atoms with Gasteiger partial charge in [-0.3, -0.25) is 14.6 Å². The summed E-state index contributed by atoms with van der Waals surface area (Å²) in [4.78, 5) is 17.2. The van der Waals surface area contributed by atoms with Crippen LogP contribution in [0, 0.1) is 11.8 Å².